The quantitative estimate of drug-likeness (QED) is 0.702. The summed E-state index contributed by atoms with van der Waals surface area (Å²) in [4.78, 5) is 0. The Hall–Kier alpha value is -0.760. The van der Waals surface area contributed by atoms with Gasteiger partial charge in [-0.1, -0.05) is 0 Å². The summed E-state index contributed by atoms with van der Waals surface area (Å²) in [5.41, 5.74) is 7.14. The Bertz CT molecular complexity index is 250. The van der Waals surface area contributed by atoms with E-state index in [4.69, 9.17) is 10.2 Å². The van der Waals surface area contributed by atoms with Crippen molar-refractivity contribution in [2.45, 2.75) is 25.8 Å². The fraction of sp³-hybridized carbons (Fsp3) is 0.556. The van der Waals surface area contributed by atoms with Gasteiger partial charge < -0.3 is 10.2 Å². The second-order valence-corrected chi connectivity index (χ2v) is 3.33. The first-order valence-electron chi connectivity index (χ1n) is 4.08. The van der Waals surface area contributed by atoms with E-state index in [-0.39, 0.29) is 6.04 Å². The van der Waals surface area contributed by atoms with Gasteiger partial charge in [0.1, 0.15) is 5.76 Å². The molecule has 0 saturated heterocycles. The van der Waals surface area contributed by atoms with Gasteiger partial charge in [0, 0.05) is 0 Å². The molecule has 0 bridgehead atoms. The zero-order chi connectivity index (χ0) is 7.84. The van der Waals surface area contributed by atoms with Gasteiger partial charge >= 0.3 is 0 Å². The third-order valence-corrected chi connectivity index (χ3v) is 2.33. The summed E-state index contributed by atoms with van der Waals surface area (Å²) >= 11 is 0. The van der Waals surface area contributed by atoms with Crippen molar-refractivity contribution in [3.8, 4) is 0 Å². The van der Waals surface area contributed by atoms with Crippen LogP contribution in [0.25, 0.3) is 0 Å². The summed E-state index contributed by atoms with van der Waals surface area (Å²) in [5, 5.41) is 0. The molecule has 2 heteroatoms. The van der Waals surface area contributed by atoms with Crippen LogP contribution < -0.4 is 5.73 Å². The molecule has 0 aliphatic heterocycles. The molecule has 1 aromatic rings. The minimum atomic E-state index is 0.144. The Morgan fingerprint density at radius 3 is 2.82 bits per heavy atom. The lowest BCUT2D eigenvalue weighted by Crippen LogP contribution is -2.12. The van der Waals surface area contributed by atoms with E-state index in [0.717, 1.165) is 5.76 Å². The number of rotatable bonds is 2. The molecule has 2 N–H and O–H groups in total. The standard InChI is InChI=1S/C9H13NO/c1-6-4-5-11-9(6)8(10)7-2-3-7/h4-5,7-8H,2-3,10H2,1H3. The van der Waals surface area contributed by atoms with Crippen LogP contribution in [0, 0.1) is 12.8 Å². The molecule has 1 aromatic heterocycles. The lowest BCUT2D eigenvalue weighted by Gasteiger charge is -2.06. The van der Waals surface area contributed by atoms with Gasteiger partial charge in [0.05, 0.1) is 12.3 Å². The van der Waals surface area contributed by atoms with E-state index in [9.17, 15) is 0 Å². The highest BCUT2D eigenvalue weighted by Gasteiger charge is 2.31. The summed E-state index contributed by atoms with van der Waals surface area (Å²) in [6, 6.07) is 2.11. The maximum atomic E-state index is 5.95. The van der Waals surface area contributed by atoms with Crippen molar-refractivity contribution in [1.29, 1.82) is 0 Å². The average Bonchev–Trinajstić information content (AvgIpc) is 2.74. The molecule has 0 radical (unpaired) electrons. The molecule has 1 fully saturated rings. The Balaban J connectivity index is 2.20. The molecule has 0 spiro atoms. The molecule has 0 amide bonds. The van der Waals surface area contributed by atoms with Gasteiger partial charge in [-0.05, 0) is 37.3 Å². The molecule has 2 rings (SSSR count). The summed E-state index contributed by atoms with van der Waals surface area (Å²) in [6.07, 6.45) is 4.25. The minimum Gasteiger partial charge on any atom is -0.467 e. The molecule has 2 nitrogen and oxygen atoms in total. The molecule has 1 aliphatic rings. The van der Waals surface area contributed by atoms with Crippen molar-refractivity contribution in [3.63, 3.8) is 0 Å². The molecular weight excluding hydrogens is 138 g/mol. The predicted octanol–water partition coefficient (Wildman–Crippen LogP) is 2.00. The highest BCUT2D eigenvalue weighted by Crippen LogP contribution is 2.40. The highest BCUT2D eigenvalue weighted by atomic mass is 16.3. The van der Waals surface area contributed by atoms with Crippen molar-refractivity contribution < 1.29 is 4.42 Å². The third kappa shape index (κ3) is 1.18. The molecule has 1 aliphatic carbocycles. The maximum absolute atomic E-state index is 5.95. The number of aryl methyl sites for hydroxylation is 1. The van der Waals surface area contributed by atoms with Gasteiger partial charge in [0.15, 0.2) is 0 Å². The molecule has 1 unspecified atom stereocenters. The molecule has 1 saturated carbocycles. The average molecular weight is 151 g/mol. The minimum absolute atomic E-state index is 0.144. The van der Waals surface area contributed by atoms with E-state index < -0.39 is 0 Å². The molecule has 1 atom stereocenters. The number of furan rings is 1. The summed E-state index contributed by atoms with van der Waals surface area (Å²) in [5.74, 6) is 1.66. The van der Waals surface area contributed by atoms with Crippen molar-refractivity contribution in [1.82, 2.24) is 0 Å². The van der Waals surface area contributed by atoms with Crippen molar-refractivity contribution >= 4 is 0 Å². The topological polar surface area (TPSA) is 39.2 Å². The fourth-order valence-corrected chi connectivity index (χ4v) is 1.40. The number of nitrogens with two attached hydrogens (primary N) is 1. The molecule has 0 aromatic carbocycles. The van der Waals surface area contributed by atoms with Gasteiger partial charge in [-0.25, -0.2) is 0 Å². The van der Waals surface area contributed by atoms with Gasteiger partial charge in [-0.15, -0.1) is 0 Å². The normalized spacial score (nSPS) is 20.2. The molecular formula is C9H13NO. The van der Waals surface area contributed by atoms with E-state index in [1.165, 1.54) is 18.4 Å². The smallest absolute Gasteiger partial charge is 0.123 e. The first kappa shape index (κ1) is 6.92. The van der Waals surface area contributed by atoms with E-state index in [2.05, 4.69) is 0 Å². The molecule has 11 heavy (non-hydrogen) atoms. The monoisotopic (exact) mass is 151 g/mol. The van der Waals surface area contributed by atoms with Gasteiger partial charge in [-0.3, -0.25) is 0 Å². The van der Waals surface area contributed by atoms with Crippen LogP contribution in [0.15, 0.2) is 16.7 Å². The van der Waals surface area contributed by atoms with Crippen LogP contribution in [0.2, 0.25) is 0 Å². The number of hydrogen-bond donors (Lipinski definition) is 1. The van der Waals surface area contributed by atoms with Crippen LogP contribution in [0.3, 0.4) is 0 Å². The highest BCUT2D eigenvalue weighted by molar-refractivity contribution is 5.19. The summed E-state index contributed by atoms with van der Waals surface area (Å²) in [7, 11) is 0. The van der Waals surface area contributed by atoms with E-state index >= 15 is 0 Å². The fourth-order valence-electron chi connectivity index (χ4n) is 1.40. The van der Waals surface area contributed by atoms with Gasteiger partial charge in [-0.2, -0.15) is 0 Å². The Labute approximate surface area is 66.4 Å². The van der Waals surface area contributed by atoms with E-state index in [0.29, 0.717) is 5.92 Å². The number of hydrogen-bond acceptors (Lipinski definition) is 2. The first-order chi connectivity index (χ1) is 5.29. The first-order valence-corrected chi connectivity index (χ1v) is 4.08. The van der Waals surface area contributed by atoms with E-state index in [1.54, 1.807) is 6.26 Å². The van der Waals surface area contributed by atoms with Crippen LogP contribution in [0.1, 0.15) is 30.2 Å². The Morgan fingerprint density at radius 2 is 2.36 bits per heavy atom. The van der Waals surface area contributed by atoms with Crippen molar-refractivity contribution in [2.75, 3.05) is 0 Å². The van der Waals surface area contributed by atoms with Crippen LogP contribution >= 0.6 is 0 Å². The van der Waals surface area contributed by atoms with Gasteiger partial charge in [0.2, 0.25) is 0 Å². The predicted molar refractivity (Wildman–Crippen MR) is 43.1 cm³/mol. The summed E-state index contributed by atoms with van der Waals surface area (Å²) < 4.78 is 5.30. The maximum Gasteiger partial charge on any atom is 0.123 e. The van der Waals surface area contributed by atoms with Crippen LogP contribution in [-0.4, -0.2) is 0 Å². The Kier molecular flexibility index (Phi) is 1.50. The van der Waals surface area contributed by atoms with Crippen LogP contribution in [0.4, 0.5) is 0 Å². The van der Waals surface area contributed by atoms with E-state index in [1.807, 2.05) is 13.0 Å². The lowest BCUT2D eigenvalue weighted by atomic mass is 10.1. The largest absolute Gasteiger partial charge is 0.467 e. The van der Waals surface area contributed by atoms with Crippen LogP contribution in [-0.2, 0) is 0 Å². The second kappa shape index (κ2) is 2.38. The lowest BCUT2D eigenvalue weighted by molar-refractivity contribution is 0.440. The SMILES string of the molecule is Cc1ccoc1C(N)C1CC1. The Morgan fingerprint density at radius 1 is 1.64 bits per heavy atom. The zero-order valence-corrected chi connectivity index (χ0v) is 6.71. The summed E-state index contributed by atoms with van der Waals surface area (Å²) in [6.45, 7) is 2.04. The molecule has 1 heterocycles. The second-order valence-electron chi connectivity index (χ2n) is 3.33. The third-order valence-electron chi connectivity index (χ3n) is 2.33. The van der Waals surface area contributed by atoms with Crippen molar-refractivity contribution in [3.05, 3.63) is 23.7 Å². The molecule has 60 valence electrons. The van der Waals surface area contributed by atoms with Crippen LogP contribution in [0.5, 0.6) is 0 Å². The zero-order valence-electron chi connectivity index (χ0n) is 6.71. The van der Waals surface area contributed by atoms with Gasteiger partial charge in [0.25, 0.3) is 0 Å². The van der Waals surface area contributed by atoms with Crippen molar-refractivity contribution in [2.24, 2.45) is 11.7 Å².